The maximum absolute atomic E-state index is 10.8. The van der Waals surface area contributed by atoms with E-state index in [1.54, 1.807) is 30.6 Å². The van der Waals surface area contributed by atoms with Crippen molar-refractivity contribution in [3.63, 3.8) is 0 Å². The number of hydrogen-bond acceptors (Lipinski definition) is 3. The number of hydrogen-bond donors (Lipinski definition) is 0. The van der Waals surface area contributed by atoms with Crippen molar-refractivity contribution in [2.24, 2.45) is 0 Å². The van der Waals surface area contributed by atoms with Gasteiger partial charge in [-0.2, -0.15) is 5.10 Å². The summed E-state index contributed by atoms with van der Waals surface area (Å²) in [6.07, 6.45) is 3.39. The molecule has 5 nitrogen and oxygen atoms in total. The summed E-state index contributed by atoms with van der Waals surface area (Å²) < 4.78 is 2.44. The van der Waals surface area contributed by atoms with Gasteiger partial charge >= 0.3 is 0 Å². The molecule has 0 saturated heterocycles. The lowest BCUT2D eigenvalue weighted by Crippen LogP contribution is -1.99. The van der Waals surface area contributed by atoms with Gasteiger partial charge in [0.25, 0.3) is 5.69 Å². The minimum atomic E-state index is -0.413. The normalized spacial score (nSPS) is 10.2. The van der Waals surface area contributed by atoms with Gasteiger partial charge in [-0.05, 0) is 28.7 Å². The number of aromatic nitrogens is 2. The average Bonchev–Trinajstić information content (AvgIpc) is 2.65. The summed E-state index contributed by atoms with van der Waals surface area (Å²) in [6.45, 7) is 0. The van der Waals surface area contributed by atoms with Crippen molar-refractivity contribution in [1.82, 2.24) is 9.78 Å². The van der Waals surface area contributed by atoms with Crippen LogP contribution < -0.4 is 0 Å². The van der Waals surface area contributed by atoms with Crippen molar-refractivity contribution in [2.75, 3.05) is 0 Å². The van der Waals surface area contributed by atoms with Crippen LogP contribution in [0.3, 0.4) is 0 Å². The lowest BCUT2D eigenvalue weighted by Gasteiger charge is -2.01. The molecule has 2 rings (SSSR count). The molecule has 6 heteroatoms. The Balaban J connectivity index is 2.57. The minimum Gasteiger partial charge on any atom is -0.258 e. The average molecular weight is 315 g/mol. The molecule has 2 aromatic rings. The number of nitrogens with zero attached hydrogens (tertiary/aromatic N) is 3. The highest BCUT2D eigenvalue weighted by Crippen LogP contribution is 2.21. The van der Waals surface area contributed by atoms with Gasteiger partial charge in [0.2, 0.25) is 0 Å². The predicted octanol–water partition coefficient (Wildman–Crippen LogP) is 2.39. The van der Waals surface area contributed by atoms with Crippen molar-refractivity contribution in [2.45, 2.75) is 0 Å². The fourth-order valence-electron chi connectivity index (χ4n) is 1.24. The van der Waals surface area contributed by atoms with Gasteiger partial charge in [0.05, 0.1) is 14.7 Å². The largest absolute Gasteiger partial charge is 0.294 e. The summed E-state index contributed by atoms with van der Waals surface area (Å²) in [5.74, 6) is 0. The van der Waals surface area contributed by atoms with Crippen molar-refractivity contribution >= 4 is 28.3 Å². The van der Waals surface area contributed by atoms with Crippen LogP contribution in [0.4, 0.5) is 5.69 Å². The lowest BCUT2D eigenvalue weighted by atomic mass is 10.3. The molecule has 0 amide bonds. The summed E-state index contributed by atoms with van der Waals surface area (Å²) in [5.41, 5.74) is 0.530. The molecule has 0 aliphatic heterocycles. The number of nitro benzene ring substituents is 1. The number of rotatable bonds is 2. The molecule has 1 heterocycles. The minimum absolute atomic E-state index is 0.0528. The molecule has 0 N–H and O–H groups in total. The third-order valence-electron chi connectivity index (χ3n) is 1.88. The molecule has 1 aromatic heterocycles. The van der Waals surface area contributed by atoms with E-state index in [4.69, 9.17) is 0 Å². The van der Waals surface area contributed by atoms with Gasteiger partial charge in [-0.1, -0.05) is 12.1 Å². The van der Waals surface area contributed by atoms with Crippen molar-refractivity contribution in [1.29, 1.82) is 0 Å². The Bertz CT molecular complexity index is 510. The van der Waals surface area contributed by atoms with E-state index in [2.05, 4.69) is 27.7 Å². The van der Waals surface area contributed by atoms with Gasteiger partial charge in [-0.25, -0.2) is 4.68 Å². The first-order valence-electron chi connectivity index (χ1n) is 4.12. The van der Waals surface area contributed by atoms with Gasteiger partial charge < -0.3 is 0 Å². The standard InChI is InChI=1S/C9H6IN3O2/c10-7-5-11-12(6-7)8-3-1-2-4-9(8)13(14)15/h1-6H. The second-order valence-electron chi connectivity index (χ2n) is 2.85. The zero-order chi connectivity index (χ0) is 10.8. The number of benzene rings is 1. The molecule has 0 spiro atoms. The van der Waals surface area contributed by atoms with Gasteiger partial charge in [0, 0.05) is 12.3 Å². The van der Waals surface area contributed by atoms with Gasteiger partial charge in [-0.15, -0.1) is 0 Å². The maximum Gasteiger partial charge on any atom is 0.294 e. The fourth-order valence-corrected chi connectivity index (χ4v) is 1.63. The Morgan fingerprint density at radius 1 is 1.40 bits per heavy atom. The molecule has 0 bridgehead atoms. The molecule has 1 aromatic carbocycles. The van der Waals surface area contributed by atoms with E-state index < -0.39 is 4.92 Å². The first-order valence-corrected chi connectivity index (χ1v) is 5.20. The van der Waals surface area contributed by atoms with Crippen molar-refractivity contribution in [3.8, 4) is 5.69 Å². The number of halogens is 1. The molecular weight excluding hydrogens is 309 g/mol. The van der Waals surface area contributed by atoms with Crippen LogP contribution in [0, 0.1) is 13.7 Å². The summed E-state index contributed by atoms with van der Waals surface area (Å²) in [5, 5.41) is 14.8. The van der Waals surface area contributed by atoms with E-state index in [1.165, 1.54) is 10.7 Å². The van der Waals surface area contributed by atoms with Crippen LogP contribution in [-0.2, 0) is 0 Å². The molecule has 15 heavy (non-hydrogen) atoms. The quantitative estimate of drug-likeness (QED) is 0.486. The van der Waals surface area contributed by atoms with Gasteiger partial charge in [0.15, 0.2) is 0 Å². The summed E-state index contributed by atoms with van der Waals surface area (Å²) in [6, 6.07) is 6.51. The molecule has 0 atom stereocenters. The van der Waals surface area contributed by atoms with E-state index in [0.717, 1.165) is 3.57 Å². The van der Waals surface area contributed by atoms with Crippen molar-refractivity contribution < 1.29 is 4.92 Å². The molecule has 76 valence electrons. The van der Waals surface area contributed by atoms with Gasteiger partial charge in [-0.3, -0.25) is 10.1 Å². The van der Waals surface area contributed by atoms with Gasteiger partial charge in [0.1, 0.15) is 5.69 Å². The Morgan fingerprint density at radius 2 is 2.13 bits per heavy atom. The third kappa shape index (κ3) is 1.99. The summed E-state index contributed by atoms with van der Waals surface area (Å²) in [7, 11) is 0. The van der Waals surface area contributed by atoms with Crippen LogP contribution in [0.2, 0.25) is 0 Å². The second kappa shape index (κ2) is 3.97. The molecule has 0 unspecified atom stereocenters. The zero-order valence-electron chi connectivity index (χ0n) is 7.50. The first-order chi connectivity index (χ1) is 7.18. The Hall–Kier alpha value is -1.44. The van der Waals surface area contributed by atoms with Crippen LogP contribution in [0.15, 0.2) is 36.7 Å². The van der Waals surface area contributed by atoms with Crippen molar-refractivity contribution in [3.05, 3.63) is 50.3 Å². The topological polar surface area (TPSA) is 61.0 Å². The Labute approximate surface area is 99.0 Å². The molecule has 0 aliphatic rings. The highest BCUT2D eigenvalue weighted by Gasteiger charge is 2.14. The molecule has 0 fully saturated rings. The molecule has 0 saturated carbocycles. The van der Waals surface area contributed by atoms with E-state index in [9.17, 15) is 10.1 Å². The van der Waals surface area contributed by atoms with Crippen LogP contribution in [0.25, 0.3) is 5.69 Å². The van der Waals surface area contributed by atoms with E-state index in [-0.39, 0.29) is 5.69 Å². The predicted molar refractivity (Wildman–Crippen MR) is 62.9 cm³/mol. The maximum atomic E-state index is 10.8. The van der Waals surface area contributed by atoms with E-state index >= 15 is 0 Å². The zero-order valence-corrected chi connectivity index (χ0v) is 9.66. The fraction of sp³-hybridized carbons (Fsp3) is 0. The number of para-hydroxylation sites is 2. The van der Waals surface area contributed by atoms with Crippen LogP contribution in [0.5, 0.6) is 0 Å². The Kier molecular flexibility index (Phi) is 2.67. The molecular formula is C9H6IN3O2. The smallest absolute Gasteiger partial charge is 0.258 e. The summed E-state index contributed by atoms with van der Waals surface area (Å²) >= 11 is 2.10. The van der Waals surface area contributed by atoms with Crippen LogP contribution in [0.1, 0.15) is 0 Å². The second-order valence-corrected chi connectivity index (χ2v) is 4.09. The molecule has 0 aliphatic carbocycles. The third-order valence-corrected chi connectivity index (χ3v) is 2.43. The van der Waals surface area contributed by atoms with Crippen LogP contribution in [-0.4, -0.2) is 14.7 Å². The molecule has 0 radical (unpaired) electrons. The first kappa shape index (κ1) is 10.1. The SMILES string of the molecule is O=[N+]([O-])c1ccccc1-n1cc(I)cn1. The lowest BCUT2D eigenvalue weighted by molar-refractivity contribution is -0.384. The number of nitro groups is 1. The Morgan fingerprint density at radius 3 is 2.73 bits per heavy atom. The van der Waals surface area contributed by atoms with E-state index in [1.807, 2.05) is 0 Å². The highest BCUT2D eigenvalue weighted by atomic mass is 127. The van der Waals surface area contributed by atoms with E-state index in [0.29, 0.717) is 5.69 Å². The summed E-state index contributed by atoms with van der Waals surface area (Å²) in [4.78, 5) is 10.4. The highest BCUT2D eigenvalue weighted by molar-refractivity contribution is 14.1. The monoisotopic (exact) mass is 315 g/mol. The van der Waals surface area contributed by atoms with Crippen LogP contribution >= 0.6 is 22.6 Å².